The monoisotopic (exact) mass is 1600 g/mol. The Kier molecular flexibility index (Phi) is 35.9. The number of benzene rings is 2. The molecular weight excluding hydrogens is 1420 g/mol. The van der Waals surface area contributed by atoms with Gasteiger partial charge in [0, 0.05) is 92.6 Å². The lowest BCUT2D eigenvalue weighted by Gasteiger charge is -2.52. The zero-order chi connectivity index (χ0) is 86.1. The molecule has 115 heavy (non-hydrogen) atoms. The second-order valence-electron chi connectivity index (χ2n) is 45.1. The van der Waals surface area contributed by atoms with Gasteiger partial charge < -0.3 is 41.0 Å². The lowest BCUT2D eigenvalue weighted by molar-refractivity contribution is -0.136. The topological polar surface area (TPSA) is 167 Å². The molecule has 13 heteroatoms. The predicted octanol–water partition coefficient (Wildman–Crippen LogP) is 23.7. The van der Waals surface area contributed by atoms with Crippen LogP contribution >= 0.6 is 0 Å². The molecule has 13 nitrogen and oxygen atoms in total. The molecule has 5 aliphatic carbocycles. The molecule has 10 rings (SSSR count). The highest BCUT2D eigenvalue weighted by Crippen LogP contribution is 2.59. The van der Waals surface area contributed by atoms with Crippen molar-refractivity contribution in [2.45, 2.75) is 396 Å². The second-order valence-corrected chi connectivity index (χ2v) is 45.1. The fourth-order valence-electron chi connectivity index (χ4n) is 23.9. The number of allylic oxidation sites excluding steroid dienone is 1. The van der Waals surface area contributed by atoms with E-state index in [0.29, 0.717) is 127 Å². The first kappa shape index (κ1) is 99.1. The van der Waals surface area contributed by atoms with E-state index in [9.17, 15) is 24.0 Å². The van der Waals surface area contributed by atoms with E-state index in [-0.39, 0.29) is 52.9 Å². The molecule has 0 bridgehead atoms. The molecule has 2 unspecified atom stereocenters. The van der Waals surface area contributed by atoms with Crippen LogP contribution in [0.5, 0.6) is 0 Å². The van der Waals surface area contributed by atoms with Crippen molar-refractivity contribution in [3.8, 4) is 0 Å². The number of carbonyl (C=O) groups is 5. The maximum absolute atomic E-state index is 12.7. The van der Waals surface area contributed by atoms with E-state index in [1.807, 2.05) is 60.7 Å². The molecule has 3 aliphatic heterocycles. The van der Waals surface area contributed by atoms with Crippen molar-refractivity contribution in [1.29, 1.82) is 0 Å². The van der Waals surface area contributed by atoms with Crippen molar-refractivity contribution >= 4 is 29.5 Å². The van der Waals surface area contributed by atoms with Crippen molar-refractivity contribution < 1.29 is 33.4 Å². The van der Waals surface area contributed by atoms with Gasteiger partial charge in [0.1, 0.15) is 0 Å². The van der Waals surface area contributed by atoms with Gasteiger partial charge in [0.15, 0.2) is 0 Å². The average molecular weight is 1600 g/mol. The van der Waals surface area contributed by atoms with Crippen LogP contribution in [-0.2, 0) is 35.1 Å². The highest BCUT2D eigenvalue weighted by atomic mass is 16.5. The van der Waals surface area contributed by atoms with Crippen LogP contribution in [0.4, 0.5) is 0 Å². The molecule has 656 valence electrons. The molecule has 2 atom stereocenters. The Morgan fingerprint density at radius 2 is 0.696 bits per heavy atom. The van der Waals surface area contributed by atoms with E-state index in [1.165, 1.54) is 64.2 Å². The van der Waals surface area contributed by atoms with Gasteiger partial charge in [-0.3, -0.25) is 24.0 Å². The first-order valence-corrected chi connectivity index (χ1v) is 46.5. The Hall–Kier alpha value is -4.75. The average Bonchev–Trinajstić information content (AvgIpc) is 0.793. The van der Waals surface area contributed by atoms with Crippen molar-refractivity contribution in [3.63, 3.8) is 0 Å². The predicted molar refractivity (Wildman–Crippen MR) is 482 cm³/mol. The van der Waals surface area contributed by atoms with Crippen molar-refractivity contribution in [2.75, 3.05) is 33.4 Å². The van der Waals surface area contributed by atoms with Gasteiger partial charge in [0.25, 0.3) is 5.91 Å². The minimum absolute atomic E-state index is 0.0680. The zero-order valence-corrected chi connectivity index (χ0v) is 79.2. The minimum Gasteiger partial charge on any atom is -0.381 e. The lowest BCUT2D eigenvalue weighted by atomic mass is 9.54. The maximum Gasteiger partial charge on any atom is 0.251 e. The van der Waals surface area contributed by atoms with E-state index in [2.05, 4.69) is 232 Å². The Balaban J connectivity index is 0.000000224. The molecule has 5 saturated carbocycles. The Morgan fingerprint density at radius 1 is 0.400 bits per heavy atom. The van der Waals surface area contributed by atoms with E-state index in [4.69, 9.17) is 9.47 Å². The molecule has 0 spiro atoms. The number of nitrogens with one attached hydrogen (secondary N) is 5. The van der Waals surface area contributed by atoms with Crippen LogP contribution in [0.3, 0.4) is 0 Å². The third kappa shape index (κ3) is 26.1. The van der Waals surface area contributed by atoms with Crippen LogP contribution in [0.25, 0.3) is 0 Å². The fourth-order valence-corrected chi connectivity index (χ4v) is 23.9. The molecular formula is C102H176N6O7. The maximum atomic E-state index is 12.7. The van der Waals surface area contributed by atoms with Crippen LogP contribution in [0.15, 0.2) is 72.9 Å². The highest BCUT2D eigenvalue weighted by molar-refractivity contribution is 5.94. The number of amides is 5. The third-order valence-electron chi connectivity index (χ3n) is 32.2. The Bertz CT molecular complexity index is 3290. The van der Waals surface area contributed by atoms with Crippen LogP contribution in [0.2, 0.25) is 0 Å². The van der Waals surface area contributed by atoms with Crippen molar-refractivity contribution in [2.24, 2.45) is 101 Å². The summed E-state index contributed by atoms with van der Waals surface area (Å²) < 4.78 is 11.1. The number of carbonyl (C=O) groups excluding carboxylic acids is 5. The third-order valence-corrected chi connectivity index (χ3v) is 32.2. The highest BCUT2D eigenvalue weighted by Gasteiger charge is 2.52. The SMILES string of the molecule is C=C1CC(C(=O)NC2CCC(C(C)C)(C(C)(C)C)CC2)CCN1C.CC(C)C1(C(C)(C)C)CCC(NC(=O)C2CCOC(C)(C)C2)CC1.CC(C)C1(C(C)(C)C)CCC(NC(=O)C2CCOCC2)CC1.CC(C)C1(C(C)(C)C)CCC(NC(=O)Cc2ccccc2)CC1.CC(C)C1(C(C)(C)C)CCC(NC(=O)c2ccccc2)CC1. The van der Waals surface area contributed by atoms with Crippen LogP contribution in [0.1, 0.15) is 370 Å². The molecule has 0 radical (unpaired) electrons. The molecule has 2 aromatic rings. The van der Waals surface area contributed by atoms with E-state index in [1.54, 1.807) is 0 Å². The summed E-state index contributed by atoms with van der Waals surface area (Å²) in [4.78, 5) is 64.4. The van der Waals surface area contributed by atoms with Gasteiger partial charge in [-0.2, -0.15) is 0 Å². The summed E-state index contributed by atoms with van der Waals surface area (Å²) in [7, 11) is 2.07. The van der Waals surface area contributed by atoms with Gasteiger partial charge >= 0.3 is 0 Å². The van der Waals surface area contributed by atoms with E-state index >= 15 is 0 Å². The number of ether oxygens (including phenoxy) is 2. The Morgan fingerprint density at radius 3 is 1.01 bits per heavy atom. The summed E-state index contributed by atoms with van der Waals surface area (Å²) >= 11 is 0. The number of piperidine rings is 1. The summed E-state index contributed by atoms with van der Waals surface area (Å²) in [6.07, 6.45) is 29.0. The quantitative estimate of drug-likeness (QED) is 0.111. The van der Waals surface area contributed by atoms with Gasteiger partial charge in [-0.05, 0) is 282 Å². The zero-order valence-electron chi connectivity index (χ0n) is 79.2. The van der Waals surface area contributed by atoms with E-state index in [0.717, 1.165) is 139 Å². The molecule has 5 N–H and O–H groups in total. The molecule has 0 aromatic heterocycles. The Labute approximate surface area is 705 Å². The minimum atomic E-state index is -0.161. The molecule has 5 amide bonds. The number of nitrogens with zero attached hydrogens (tertiary/aromatic N) is 1. The van der Waals surface area contributed by atoms with E-state index < -0.39 is 0 Å². The standard InChI is InChI=1S/C21H38N2O.C21H39NO2.C21H33NO.C20H31NO.C19H35NO2/c1-15(2)21(20(4,5)6)11-8-18(9-12-21)22-19(24)17-10-13-23(7)16(3)14-17;1-15(2)21(19(3,4)5)11-8-17(9-12-21)22-18(23)16-10-13-24-20(6,7)14-16;1-16(2)21(20(3,4)5)13-11-18(12-14-21)22-19(23)15-17-9-7-6-8-10-17;1-15(2)20(19(3,4)5)13-11-17(12-14-20)21-18(22)16-9-7-6-8-10-16;1-14(2)19(18(3,4)5)10-6-16(7-11-19)20-17(21)15-8-12-22-13-9-15/h15,17-18H,3,8-14H2,1-2,4-7H3,(H,22,24);15-17H,8-14H2,1-7H3,(H,22,23);6-10,16,18H,11-15H2,1-5H3,(H,22,23);6-10,15,17H,11-14H2,1-5H3,(H,21,22);14-16H,6-13H2,1-5H3,(H,20,21). The number of rotatable bonds is 16. The summed E-state index contributed by atoms with van der Waals surface area (Å²) in [6.45, 7) is 70.7. The summed E-state index contributed by atoms with van der Waals surface area (Å²) in [6, 6.07) is 21.3. The molecule has 2 aromatic carbocycles. The summed E-state index contributed by atoms with van der Waals surface area (Å²) in [5.41, 5.74) is 6.39. The number of hydrogen-bond donors (Lipinski definition) is 5. The van der Waals surface area contributed by atoms with Gasteiger partial charge in [-0.1, -0.05) is 228 Å². The molecule has 3 heterocycles. The molecule has 8 aliphatic rings. The second kappa shape index (κ2) is 41.7. The number of hydrogen-bond acceptors (Lipinski definition) is 8. The first-order valence-electron chi connectivity index (χ1n) is 46.5. The lowest BCUT2D eigenvalue weighted by Crippen LogP contribution is -2.49. The van der Waals surface area contributed by atoms with Crippen molar-refractivity contribution in [1.82, 2.24) is 31.5 Å². The largest absolute Gasteiger partial charge is 0.381 e. The van der Waals surface area contributed by atoms with Crippen molar-refractivity contribution in [3.05, 3.63) is 84.1 Å². The summed E-state index contributed by atoms with van der Waals surface area (Å²) in [5.74, 6) is 4.84. The van der Waals surface area contributed by atoms with Gasteiger partial charge in [-0.15, -0.1) is 0 Å². The van der Waals surface area contributed by atoms with Gasteiger partial charge in [0.2, 0.25) is 23.6 Å². The van der Waals surface area contributed by atoms with Gasteiger partial charge in [0.05, 0.1) is 12.0 Å². The fraction of sp³-hybridized carbons (Fsp3) is 0.814. The number of likely N-dealkylation sites (tertiary alicyclic amines) is 1. The smallest absolute Gasteiger partial charge is 0.251 e. The van der Waals surface area contributed by atoms with Crippen LogP contribution in [0, 0.1) is 101 Å². The first-order chi connectivity index (χ1) is 53.3. The normalized spacial score (nSPS) is 29.9. The van der Waals surface area contributed by atoms with Crippen LogP contribution in [-0.4, -0.2) is 104 Å². The van der Waals surface area contributed by atoms with Crippen LogP contribution < -0.4 is 26.6 Å². The summed E-state index contributed by atoms with van der Waals surface area (Å²) in [5, 5.41) is 16.5. The molecule has 3 saturated heterocycles. The molecule has 8 fully saturated rings. The van der Waals surface area contributed by atoms with Gasteiger partial charge in [-0.25, -0.2) is 0 Å².